The molecule has 168 valence electrons. The summed E-state index contributed by atoms with van der Waals surface area (Å²) in [4.78, 5) is 0. The van der Waals surface area contributed by atoms with Crippen LogP contribution in [0, 0.1) is 25.1 Å². The van der Waals surface area contributed by atoms with Gasteiger partial charge in [0.2, 0.25) is 0 Å². The molecule has 0 fully saturated rings. The van der Waals surface area contributed by atoms with E-state index < -0.39 is 0 Å². The Kier molecular flexibility index (Phi) is 8.47. The fourth-order valence-electron chi connectivity index (χ4n) is 3.82. The van der Waals surface area contributed by atoms with Crippen LogP contribution in [0.3, 0.4) is 0 Å². The Bertz CT molecular complexity index is 1080. The Morgan fingerprint density at radius 1 is 1.09 bits per heavy atom. The molecule has 0 atom stereocenters. The van der Waals surface area contributed by atoms with E-state index in [4.69, 9.17) is 16.3 Å². The summed E-state index contributed by atoms with van der Waals surface area (Å²) < 4.78 is 21.0. The number of benzene rings is 2. The van der Waals surface area contributed by atoms with E-state index in [0.717, 1.165) is 62.3 Å². The number of rotatable bonds is 11. The molecule has 0 aliphatic rings. The average molecular weight is 434 g/mol. The van der Waals surface area contributed by atoms with E-state index >= 15 is 0 Å². The largest absolute Gasteiger partial charge is 0.497 e. The zero-order valence-electron chi connectivity index (χ0n) is 19.2. The van der Waals surface area contributed by atoms with Gasteiger partial charge in [0.05, 0.1) is 19.3 Å². The number of hydrogen-bond donors (Lipinski definition) is 1. The molecule has 0 saturated carbocycles. The molecular formula is C27H32FN3O. The molecule has 0 aliphatic carbocycles. The highest BCUT2D eigenvalue weighted by Crippen LogP contribution is 2.22. The third kappa shape index (κ3) is 5.99. The Labute approximate surface area is 190 Å². The van der Waals surface area contributed by atoms with Crippen molar-refractivity contribution >= 4 is 0 Å². The van der Waals surface area contributed by atoms with Gasteiger partial charge in [-0.3, -0.25) is 4.68 Å². The molecule has 3 rings (SSSR count). The minimum atomic E-state index is -0.188. The van der Waals surface area contributed by atoms with Crippen LogP contribution in [0.25, 0.3) is 11.3 Å². The van der Waals surface area contributed by atoms with Crippen molar-refractivity contribution in [3.05, 3.63) is 70.7 Å². The summed E-state index contributed by atoms with van der Waals surface area (Å²) in [6.45, 7) is 6.40. The lowest BCUT2D eigenvalue weighted by molar-refractivity contribution is 0.414. The maximum absolute atomic E-state index is 13.6. The van der Waals surface area contributed by atoms with E-state index in [1.165, 1.54) is 22.9 Å². The van der Waals surface area contributed by atoms with Gasteiger partial charge in [-0.05, 0) is 85.8 Å². The summed E-state index contributed by atoms with van der Waals surface area (Å²) in [5.41, 5.74) is 6.21. The first kappa shape index (κ1) is 23.6. The predicted octanol–water partition coefficient (Wildman–Crippen LogP) is 4.97. The van der Waals surface area contributed by atoms with Gasteiger partial charge in [0.15, 0.2) is 0 Å². The van der Waals surface area contributed by atoms with Crippen molar-refractivity contribution in [1.29, 1.82) is 0 Å². The molecule has 1 heterocycles. The first-order valence-corrected chi connectivity index (χ1v) is 11.2. The third-order valence-corrected chi connectivity index (χ3v) is 5.70. The number of nitrogens with one attached hydrogen (secondary N) is 1. The van der Waals surface area contributed by atoms with Crippen LogP contribution in [0.15, 0.2) is 42.5 Å². The van der Waals surface area contributed by atoms with Crippen molar-refractivity contribution in [2.75, 3.05) is 20.2 Å². The molecular weight excluding hydrogens is 401 g/mol. The number of nitrogens with zero attached hydrogens (tertiary/aromatic N) is 2. The lowest BCUT2D eigenvalue weighted by Gasteiger charge is -2.12. The standard InChI is InChI=1S/C27H32FN3O/c1-5-7-8-22-18-25(32-4)11-9-21(22)13-14-29-15-16-31-24(6-2)19-27(30-31)23-10-12-26(28)20(3)17-23/h1,9-12,17-19,29H,6-8,13-16H2,2-4H3. The van der Waals surface area contributed by atoms with Crippen LogP contribution in [-0.4, -0.2) is 30.0 Å². The molecule has 1 aromatic heterocycles. The summed E-state index contributed by atoms with van der Waals surface area (Å²) in [5.74, 6) is 3.40. The highest BCUT2D eigenvalue weighted by molar-refractivity contribution is 5.60. The van der Waals surface area contributed by atoms with Crippen molar-refractivity contribution in [2.24, 2.45) is 0 Å². The van der Waals surface area contributed by atoms with Gasteiger partial charge < -0.3 is 10.1 Å². The van der Waals surface area contributed by atoms with E-state index in [2.05, 4.69) is 36.4 Å². The van der Waals surface area contributed by atoms with Crippen molar-refractivity contribution in [1.82, 2.24) is 15.1 Å². The molecule has 3 aromatic rings. The molecule has 1 N–H and O–H groups in total. The van der Waals surface area contributed by atoms with Crippen molar-refractivity contribution in [3.63, 3.8) is 0 Å². The van der Waals surface area contributed by atoms with Crippen LogP contribution in [0.2, 0.25) is 0 Å². The SMILES string of the molecule is C#CCCc1cc(OC)ccc1CCNCCn1nc(-c2ccc(F)c(C)c2)cc1CC. The Morgan fingerprint density at radius 2 is 1.94 bits per heavy atom. The van der Waals surface area contributed by atoms with Gasteiger partial charge >= 0.3 is 0 Å². The summed E-state index contributed by atoms with van der Waals surface area (Å²) in [6, 6.07) is 13.5. The number of halogens is 1. The Morgan fingerprint density at radius 3 is 2.66 bits per heavy atom. The molecule has 5 heteroatoms. The predicted molar refractivity (Wildman–Crippen MR) is 128 cm³/mol. The second-order valence-corrected chi connectivity index (χ2v) is 7.90. The van der Waals surface area contributed by atoms with E-state index in [1.54, 1.807) is 20.1 Å². The molecule has 4 nitrogen and oxygen atoms in total. The number of methoxy groups -OCH3 is 1. The maximum Gasteiger partial charge on any atom is 0.126 e. The molecule has 0 radical (unpaired) electrons. The number of aryl methyl sites for hydroxylation is 3. The van der Waals surface area contributed by atoms with Gasteiger partial charge in [0.1, 0.15) is 11.6 Å². The van der Waals surface area contributed by atoms with Crippen LogP contribution in [0.4, 0.5) is 4.39 Å². The quantitative estimate of drug-likeness (QED) is 0.343. The smallest absolute Gasteiger partial charge is 0.126 e. The first-order valence-electron chi connectivity index (χ1n) is 11.2. The zero-order chi connectivity index (χ0) is 22.9. The van der Waals surface area contributed by atoms with Crippen LogP contribution in [0.5, 0.6) is 5.75 Å². The Balaban J connectivity index is 1.56. The van der Waals surface area contributed by atoms with E-state index in [-0.39, 0.29) is 5.82 Å². The highest BCUT2D eigenvalue weighted by atomic mass is 19.1. The summed E-state index contributed by atoms with van der Waals surface area (Å²) >= 11 is 0. The zero-order valence-corrected chi connectivity index (χ0v) is 19.2. The number of hydrogen-bond acceptors (Lipinski definition) is 3. The van der Waals surface area contributed by atoms with Crippen molar-refractivity contribution < 1.29 is 9.13 Å². The fourth-order valence-corrected chi connectivity index (χ4v) is 3.82. The van der Waals surface area contributed by atoms with Gasteiger partial charge in [-0.25, -0.2) is 4.39 Å². The second-order valence-electron chi connectivity index (χ2n) is 7.90. The van der Waals surface area contributed by atoms with Crippen LogP contribution in [0.1, 0.15) is 35.7 Å². The molecule has 0 spiro atoms. The lowest BCUT2D eigenvalue weighted by atomic mass is 10.00. The first-order chi connectivity index (χ1) is 15.5. The van der Waals surface area contributed by atoms with E-state index in [9.17, 15) is 4.39 Å². The van der Waals surface area contributed by atoms with Gasteiger partial charge in [0.25, 0.3) is 0 Å². The molecule has 32 heavy (non-hydrogen) atoms. The highest BCUT2D eigenvalue weighted by Gasteiger charge is 2.10. The summed E-state index contributed by atoms with van der Waals surface area (Å²) in [6.07, 6.45) is 8.87. The van der Waals surface area contributed by atoms with Crippen LogP contribution in [-0.2, 0) is 25.8 Å². The van der Waals surface area contributed by atoms with Crippen LogP contribution >= 0.6 is 0 Å². The molecule has 0 amide bonds. The van der Waals surface area contributed by atoms with Gasteiger partial charge in [-0.15, -0.1) is 12.3 Å². The summed E-state index contributed by atoms with van der Waals surface area (Å²) in [7, 11) is 1.68. The molecule has 0 unspecified atom stereocenters. The van der Waals surface area contributed by atoms with Gasteiger partial charge in [-0.1, -0.05) is 13.0 Å². The summed E-state index contributed by atoms with van der Waals surface area (Å²) in [5, 5.41) is 8.30. The van der Waals surface area contributed by atoms with Crippen LogP contribution < -0.4 is 10.1 Å². The second kappa shape index (κ2) is 11.5. The van der Waals surface area contributed by atoms with E-state index in [0.29, 0.717) is 5.56 Å². The number of ether oxygens (including phenoxy) is 1. The van der Waals surface area contributed by atoms with Crippen molar-refractivity contribution in [2.45, 2.75) is 46.1 Å². The van der Waals surface area contributed by atoms with E-state index in [1.807, 2.05) is 16.8 Å². The van der Waals surface area contributed by atoms with Gasteiger partial charge in [0, 0.05) is 24.2 Å². The molecule has 0 bridgehead atoms. The third-order valence-electron chi connectivity index (χ3n) is 5.70. The lowest BCUT2D eigenvalue weighted by Crippen LogP contribution is -2.23. The fraction of sp³-hybridized carbons (Fsp3) is 0.370. The monoisotopic (exact) mass is 433 g/mol. The molecule has 0 saturated heterocycles. The maximum atomic E-state index is 13.6. The number of terminal acetylenes is 1. The Hall–Kier alpha value is -3.10. The number of aromatic nitrogens is 2. The van der Waals surface area contributed by atoms with Crippen molar-refractivity contribution in [3.8, 4) is 29.4 Å². The topological polar surface area (TPSA) is 39.1 Å². The normalized spacial score (nSPS) is 10.8. The molecule has 0 aliphatic heterocycles. The average Bonchev–Trinajstić information content (AvgIpc) is 3.22. The molecule has 2 aromatic carbocycles. The minimum absolute atomic E-state index is 0.188. The minimum Gasteiger partial charge on any atom is -0.497 e. The van der Waals surface area contributed by atoms with Gasteiger partial charge in [-0.2, -0.15) is 5.10 Å².